The number of aliphatic carboxylic acids is 3. The standard InChI is InChI=1S/C26H30FN5O8/c27-18-8-4-16(5-9-18)15-29-32-19-10-6-17(7-11-19)23(35)28-14-2-1-3-20(24(36)37)30-26(40)31-21(25(38)39)12-13-22(33)34/h4-11,15,20-21,32H,1-3,12-14H2,(H,28,35)(H,33,34)(H,36,37)(H,38,39)(H2,30,31,40)/b29-15+/i27-1. The summed E-state index contributed by atoms with van der Waals surface area (Å²) in [7, 11) is 0. The van der Waals surface area contributed by atoms with Crippen LogP contribution in [0, 0.1) is 5.82 Å². The number of carbonyl (C=O) groups is 5. The fourth-order valence-electron chi connectivity index (χ4n) is 3.34. The lowest BCUT2D eigenvalue weighted by atomic mass is 10.1. The van der Waals surface area contributed by atoms with Crippen molar-refractivity contribution in [1.82, 2.24) is 16.0 Å². The van der Waals surface area contributed by atoms with E-state index in [0.717, 1.165) is 0 Å². The first kappa shape index (κ1) is 31.2. The van der Waals surface area contributed by atoms with Crippen molar-refractivity contribution in [1.29, 1.82) is 0 Å². The quantitative estimate of drug-likeness (QED) is 0.0914. The molecule has 0 saturated heterocycles. The number of hydrazone groups is 1. The van der Waals surface area contributed by atoms with E-state index in [1.807, 2.05) is 0 Å². The molecule has 2 atom stereocenters. The third-order valence-corrected chi connectivity index (χ3v) is 5.48. The second kappa shape index (κ2) is 16.1. The summed E-state index contributed by atoms with van der Waals surface area (Å²) in [6.45, 7) is 0.246. The average molecular weight is 559 g/mol. The minimum absolute atomic E-state index is 0.0181. The molecule has 0 saturated carbocycles. The van der Waals surface area contributed by atoms with Gasteiger partial charge in [0, 0.05) is 18.5 Å². The maximum absolute atomic E-state index is 12.9. The molecule has 2 rings (SSSR count). The molecule has 0 radical (unpaired) electrons. The molecule has 0 fully saturated rings. The van der Waals surface area contributed by atoms with E-state index < -0.39 is 42.4 Å². The van der Waals surface area contributed by atoms with Gasteiger partial charge >= 0.3 is 23.9 Å². The van der Waals surface area contributed by atoms with E-state index in [0.29, 0.717) is 29.7 Å². The van der Waals surface area contributed by atoms with Crippen LogP contribution < -0.4 is 21.4 Å². The van der Waals surface area contributed by atoms with Crippen molar-refractivity contribution in [2.45, 2.75) is 44.2 Å². The van der Waals surface area contributed by atoms with Gasteiger partial charge in [0.05, 0.1) is 11.9 Å². The van der Waals surface area contributed by atoms with Crippen molar-refractivity contribution in [2.24, 2.45) is 5.10 Å². The Bertz CT molecular complexity index is 1200. The van der Waals surface area contributed by atoms with E-state index in [9.17, 15) is 33.5 Å². The maximum atomic E-state index is 12.9. The molecule has 40 heavy (non-hydrogen) atoms. The summed E-state index contributed by atoms with van der Waals surface area (Å²) >= 11 is 0. The fraction of sp³-hybridized carbons (Fsp3) is 0.308. The Morgan fingerprint density at radius 1 is 0.825 bits per heavy atom. The number of unbranched alkanes of at least 4 members (excludes halogenated alkanes) is 1. The number of nitrogens with one attached hydrogen (secondary N) is 4. The summed E-state index contributed by atoms with van der Waals surface area (Å²) in [6, 6.07) is 8.45. The Morgan fingerprint density at radius 3 is 2.00 bits per heavy atom. The summed E-state index contributed by atoms with van der Waals surface area (Å²) < 4.78 is 12.9. The molecule has 13 nitrogen and oxygen atoms in total. The van der Waals surface area contributed by atoms with Crippen molar-refractivity contribution >= 4 is 41.7 Å². The van der Waals surface area contributed by atoms with Gasteiger partial charge in [-0.1, -0.05) is 12.1 Å². The van der Waals surface area contributed by atoms with Crippen molar-refractivity contribution in [3.05, 3.63) is 65.5 Å². The van der Waals surface area contributed by atoms with Gasteiger partial charge in [-0.25, -0.2) is 18.8 Å². The Kier molecular flexibility index (Phi) is 12.5. The van der Waals surface area contributed by atoms with Crippen molar-refractivity contribution < 1.29 is 43.7 Å². The van der Waals surface area contributed by atoms with E-state index in [4.69, 9.17) is 10.2 Å². The predicted octanol–water partition coefficient (Wildman–Crippen LogP) is 2.24. The third kappa shape index (κ3) is 11.6. The number of anilines is 1. The highest BCUT2D eigenvalue weighted by Crippen LogP contribution is 2.10. The lowest BCUT2D eigenvalue weighted by molar-refractivity contribution is -0.140. The molecule has 2 aromatic rings. The SMILES string of the molecule is O=C(O)CCC(NC(=O)NC(CCCCNC(=O)c1ccc(N/N=C/c2ccc([18F])cc2)cc1)C(=O)O)C(=O)O. The Balaban J connectivity index is 1.72. The molecule has 3 amide bonds. The van der Waals surface area contributed by atoms with Gasteiger partial charge in [0.15, 0.2) is 0 Å². The van der Waals surface area contributed by atoms with Crippen LogP contribution in [-0.2, 0) is 14.4 Å². The number of urea groups is 1. The summed E-state index contributed by atoms with van der Waals surface area (Å²) in [5.41, 5.74) is 4.53. The third-order valence-electron chi connectivity index (χ3n) is 5.48. The van der Waals surface area contributed by atoms with Crippen LogP contribution in [0.3, 0.4) is 0 Å². The summed E-state index contributed by atoms with van der Waals surface area (Å²) in [4.78, 5) is 57.7. The van der Waals surface area contributed by atoms with Crippen LogP contribution >= 0.6 is 0 Å². The minimum Gasteiger partial charge on any atom is -0.481 e. The highest BCUT2D eigenvalue weighted by molar-refractivity contribution is 5.94. The molecule has 2 aromatic carbocycles. The van der Waals surface area contributed by atoms with Crippen LogP contribution in [0.4, 0.5) is 14.9 Å². The number of carbonyl (C=O) groups excluding carboxylic acids is 2. The van der Waals surface area contributed by atoms with Gasteiger partial charge in [-0.15, -0.1) is 0 Å². The van der Waals surface area contributed by atoms with Crippen LogP contribution in [0.5, 0.6) is 0 Å². The summed E-state index contributed by atoms with van der Waals surface area (Å²) in [6.07, 6.45) is 1.43. The monoisotopic (exact) mass is 558 g/mol. The molecule has 0 heterocycles. The first-order valence-corrected chi connectivity index (χ1v) is 12.2. The lowest BCUT2D eigenvalue weighted by Crippen LogP contribution is -2.51. The van der Waals surface area contributed by atoms with E-state index >= 15 is 0 Å². The number of carboxylic acids is 3. The second-order valence-corrected chi connectivity index (χ2v) is 8.58. The molecule has 0 spiro atoms. The highest BCUT2D eigenvalue weighted by atomic mass is 18.2. The maximum Gasteiger partial charge on any atom is 0.326 e. The van der Waals surface area contributed by atoms with Crippen LogP contribution in [0.1, 0.15) is 48.0 Å². The minimum atomic E-state index is -1.49. The zero-order chi connectivity index (χ0) is 29.5. The Hall–Kier alpha value is -5.01. The molecule has 214 valence electrons. The van der Waals surface area contributed by atoms with Crippen molar-refractivity contribution in [2.75, 3.05) is 12.0 Å². The normalized spacial score (nSPS) is 12.2. The molecule has 0 aliphatic carbocycles. The average Bonchev–Trinajstić information content (AvgIpc) is 2.91. The van der Waals surface area contributed by atoms with E-state index in [1.54, 1.807) is 36.4 Å². The van der Waals surface area contributed by atoms with Crippen LogP contribution in [-0.4, -0.2) is 70.0 Å². The number of hydrogen-bond donors (Lipinski definition) is 7. The number of amides is 3. The van der Waals surface area contributed by atoms with Crippen molar-refractivity contribution in [3.8, 4) is 0 Å². The topological polar surface area (TPSA) is 207 Å². The van der Waals surface area contributed by atoms with Gasteiger partial charge in [0.2, 0.25) is 0 Å². The van der Waals surface area contributed by atoms with Gasteiger partial charge in [0.25, 0.3) is 5.91 Å². The van der Waals surface area contributed by atoms with Gasteiger partial charge in [0.1, 0.15) is 17.9 Å². The number of nitrogens with zero attached hydrogens (tertiary/aromatic N) is 1. The van der Waals surface area contributed by atoms with Crippen LogP contribution in [0.25, 0.3) is 0 Å². The fourth-order valence-corrected chi connectivity index (χ4v) is 3.34. The molecule has 2 unspecified atom stereocenters. The molecular weight excluding hydrogens is 528 g/mol. The van der Waals surface area contributed by atoms with Gasteiger partial charge in [-0.2, -0.15) is 5.10 Å². The van der Waals surface area contributed by atoms with E-state index in [2.05, 4.69) is 26.5 Å². The highest BCUT2D eigenvalue weighted by Gasteiger charge is 2.24. The number of rotatable bonds is 16. The van der Waals surface area contributed by atoms with Gasteiger partial charge in [-0.3, -0.25) is 15.0 Å². The zero-order valence-corrected chi connectivity index (χ0v) is 21.3. The van der Waals surface area contributed by atoms with Gasteiger partial charge in [-0.05, 0) is 67.6 Å². The zero-order valence-electron chi connectivity index (χ0n) is 21.3. The molecule has 0 aliphatic heterocycles. The first-order chi connectivity index (χ1) is 19.0. The number of carboxylic acid groups (broad SMARTS) is 3. The number of halogens is 1. The molecule has 0 aliphatic rings. The lowest BCUT2D eigenvalue weighted by Gasteiger charge is -2.18. The first-order valence-electron chi connectivity index (χ1n) is 12.2. The van der Waals surface area contributed by atoms with Gasteiger partial charge < -0.3 is 31.3 Å². The molecular formula is C26H30FN5O8. The Morgan fingerprint density at radius 2 is 1.43 bits per heavy atom. The largest absolute Gasteiger partial charge is 0.481 e. The smallest absolute Gasteiger partial charge is 0.326 e. The number of benzene rings is 2. The second-order valence-electron chi connectivity index (χ2n) is 8.58. The van der Waals surface area contributed by atoms with E-state index in [1.165, 1.54) is 18.3 Å². The van der Waals surface area contributed by atoms with Crippen molar-refractivity contribution in [3.63, 3.8) is 0 Å². The number of hydrogen-bond acceptors (Lipinski definition) is 7. The molecule has 7 N–H and O–H groups in total. The van der Waals surface area contributed by atoms with Crippen LogP contribution in [0.2, 0.25) is 0 Å². The molecule has 0 bridgehead atoms. The predicted molar refractivity (Wildman–Crippen MR) is 142 cm³/mol. The summed E-state index contributed by atoms with van der Waals surface area (Å²) in [5.74, 6) is -4.69. The molecule has 14 heteroatoms. The van der Waals surface area contributed by atoms with E-state index in [-0.39, 0.29) is 31.1 Å². The summed E-state index contributed by atoms with van der Waals surface area (Å²) in [5, 5.41) is 38.1. The Labute approximate surface area is 228 Å². The van der Waals surface area contributed by atoms with Crippen LogP contribution in [0.15, 0.2) is 53.6 Å². The molecule has 0 aromatic heterocycles.